The summed E-state index contributed by atoms with van der Waals surface area (Å²) in [4.78, 5) is 6.69. The van der Waals surface area contributed by atoms with Crippen molar-refractivity contribution in [1.82, 2.24) is 10.3 Å². The monoisotopic (exact) mass is 265 g/mol. The first-order valence-corrected chi connectivity index (χ1v) is 7.18. The Kier molecular flexibility index (Phi) is 7.45. The van der Waals surface area contributed by atoms with Crippen molar-refractivity contribution in [3.05, 3.63) is 23.9 Å². The highest BCUT2D eigenvalue weighted by Crippen LogP contribution is 2.11. The van der Waals surface area contributed by atoms with Crippen LogP contribution in [0.4, 0.5) is 5.82 Å². The summed E-state index contributed by atoms with van der Waals surface area (Å²) in [6.07, 6.45) is 2.72. The van der Waals surface area contributed by atoms with E-state index in [9.17, 15) is 0 Å². The van der Waals surface area contributed by atoms with Gasteiger partial charge in [0.15, 0.2) is 0 Å². The van der Waals surface area contributed by atoms with Crippen LogP contribution in [0.1, 0.15) is 32.8 Å². The van der Waals surface area contributed by atoms with E-state index in [1.54, 1.807) is 0 Å². The Balaban J connectivity index is 2.49. The van der Waals surface area contributed by atoms with E-state index in [2.05, 4.69) is 48.1 Å². The Morgan fingerprint density at radius 3 is 2.68 bits per heavy atom. The minimum Gasteiger partial charge on any atom is -0.396 e. The fourth-order valence-corrected chi connectivity index (χ4v) is 1.91. The molecule has 0 atom stereocenters. The molecule has 19 heavy (non-hydrogen) atoms. The van der Waals surface area contributed by atoms with Crippen molar-refractivity contribution < 1.29 is 5.11 Å². The number of hydrogen-bond acceptors (Lipinski definition) is 4. The summed E-state index contributed by atoms with van der Waals surface area (Å²) < 4.78 is 0. The second-order valence-corrected chi connectivity index (χ2v) is 5.21. The van der Waals surface area contributed by atoms with E-state index >= 15 is 0 Å². The third kappa shape index (κ3) is 6.03. The van der Waals surface area contributed by atoms with Gasteiger partial charge in [0.05, 0.1) is 0 Å². The fraction of sp³-hybridized carbons (Fsp3) is 0.667. The van der Waals surface area contributed by atoms with E-state index in [1.165, 1.54) is 5.56 Å². The molecule has 0 radical (unpaired) electrons. The molecular weight excluding hydrogens is 238 g/mol. The molecule has 4 nitrogen and oxygen atoms in total. The Labute approximate surface area is 116 Å². The SMILES string of the molecule is CCN(CCCO)c1ccc(CNCC(C)C)cn1. The van der Waals surface area contributed by atoms with Crippen LogP contribution in [0, 0.1) is 5.92 Å². The van der Waals surface area contributed by atoms with Gasteiger partial charge < -0.3 is 15.3 Å². The van der Waals surface area contributed by atoms with E-state index in [4.69, 9.17) is 5.11 Å². The van der Waals surface area contributed by atoms with Crippen LogP contribution in [-0.2, 0) is 6.54 Å². The van der Waals surface area contributed by atoms with Crippen LogP contribution in [0.3, 0.4) is 0 Å². The molecule has 0 aromatic carbocycles. The van der Waals surface area contributed by atoms with Gasteiger partial charge in [0, 0.05) is 32.4 Å². The van der Waals surface area contributed by atoms with Crippen molar-refractivity contribution in [2.75, 3.05) is 31.1 Å². The van der Waals surface area contributed by atoms with Gasteiger partial charge in [-0.2, -0.15) is 0 Å². The molecule has 0 fully saturated rings. The van der Waals surface area contributed by atoms with Gasteiger partial charge in [-0.3, -0.25) is 0 Å². The third-order valence-corrected chi connectivity index (χ3v) is 2.98. The predicted octanol–water partition coefficient (Wildman–Crippen LogP) is 2.04. The molecule has 1 aromatic heterocycles. The van der Waals surface area contributed by atoms with Crippen molar-refractivity contribution >= 4 is 5.82 Å². The summed E-state index contributed by atoms with van der Waals surface area (Å²) >= 11 is 0. The number of anilines is 1. The minimum absolute atomic E-state index is 0.230. The molecule has 0 amide bonds. The van der Waals surface area contributed by atoms with Crippen LogP contribution in [0.5, 0.6) is 0 Å². The summed E-state index contributed by atoms with van der Waals surface area (Å²) in [7, 11) is 0. The lowest BCUT2D eigenvalue weighted by Gasteiger charge is -2.21. The molecule has 1 aromatic rings. The molecule has 108 valence electrons. The van der Waals surface area contributed by atoms with Crippen molar-refractivity contribution in [2.24, 2.45) is 5.92 Å². The highest BCUT2D eigenvalue weighted by atomic mass is 16.3. The van der Waals surface area contributed by atoms with Crippen molar-refractivity contribution in [2.45, 2.75) is 33.7 Å². The predicted molar refractivity (Wildman–Crippen MR) is 80.4 cm³/mol. The zero-order chi connectivity index (χ0) is 14.1. The molecule has 0 spiro atoms. The summed E-state index contributed by atoms with van der Waals surface area (Å²) in [5.41, 5.74) is 1.21. The summed E-state index contributed by atoms with van der Waals surface area (Å²) in [6.45, 7) is 10.4. The molecule has 0 aliphatic rings. The third-order valence-electron chi connectivity index (χ3n) is 2.98. The summed E-state index contributed by atoms with van der Waals surface area (Å²) in [5.74, 6) is 1.66. The Hall–Kier alpha value is -1.13. The van der Waals surface area contributed by atoms with Crippen molar-refractivity contribution in [3.8, 4) is 0 Å². The van der Waals surface area contributed by atoms with Crippen LogP contribution < -0.4 is 10.2 Å². The number of pyridine rings is 1. The van der Waals surface area contributed by atoms with Gasteiger partial charge in [0.2, 0.25) is 0 Å². The first kappa shape index (κ1) is 15.9. The normalized spacial score (nSPS) is 11.0. The Morgan fingerprint density at radius 2 is 2.16 bits per heavy atom. The van der Waals surface area contributed by atoms with Gasteiger partial charge in [-0.15, -0.1) is 0 Å². The number of hydrogen-bond donors (Lipinski definition) is 2. The van der Waals surface area contributed by atoms with Crippen LogP contribution in [0.2, 0.25) is 0 Å². The first-order chi connectivity index (χ1) is 9.17. The molecule has 2 N–H and O–H groups in total. The lowest BCUT2D eigenvalue weighted by atomic mass is 10.2. The maximum absolute atomic E-state index is 8.89. The van der Waals surface area contributed by atoms with Crippen molar-refractivity contribution in [1.29, 1.82) is 0 Å². The molecule has 0 saturated carbocycles. The van der Waals surface area contributed by atoms with Gasteiger partial charge in [0.1, 0.15) is 5.82 Å². The van der Waals surface area contributed by atoms with E-state index in [0.717, 1.165) is 38.4 Å². The van der Waals surface area contributed by atoms with E-state index in [-0.39, 0.29) is 6.61 Å². The van der Waals surface area contributed by atoms with Crippen LogP contribution in [0.15, 0.2) is 18.3 Å². The van der Waals surface area contributed by atoms with Crippen LogP contribution in [0.25, 0.3) is 0 Å². The number of aliphatic hydroxyl groups is 1. The maximum Gasteiger partial charge on any atom is 0.128 e. The Morgan fingerprint density at radius 1 is 1.37 bits per heavy atom. The molecule has 4 heteroatoms. The van der Waals surface area contributed by atoms with Crippen LogP contribution >= 0.6 is 0 Å². The molecule has 0 unspecified atom stereocenters. The van der Waals surface area contributed by atoms with Crippen LogP contribution in [-0.4, -0.2) is 36.3 Å². The van der Waals surface area contributed by atoms with Gasteiger partial charge in [-0.25, -0.2) is 4.98 Å². The van der Waals surface area contributed by atoms with Crippen molar-refractivity contribution in [3.63, 3.8) is 0 Å². The number of nitrogens with zero attached hydrogens (tertiary/aromatic N) is 2. The van der Waals surface area contributed by atoms with E-state index < -0.39 is 0 Å². The first-order valence-electron chi connectivity index (χ1n) is 7.18. The summed E-state index contributed by atoms with van der Waals surface area (Å²) in [5, 5.41) is 12.3. The quantitative estimate of drug-likeness (QED) is 0.717. The number of nitrogens with one attached hydrogen (secondary N) is 1. The topological polar surface area (TPSA) is 48.4 Å². The average Bonchev–Trinajstić information content (AvgIpc) is 2.41. The molecule has 1 rings (SSSR count). The second-order valence-electron chi connectivity index (χ2n) is 5.21. The van der Waals surface area contributed by atoms with Gasteiger partial charge >= 0.3 is 0 Å². The smallest absolute Gasteiger partial charge is 0.128 e. The number of aliphatic hydroxyl groups excluding tert-OH is 1. The molecule has 0 aliphatic carbocycles. The Bertz CT molecular complexity index is 338. The van der Waals surface area contributed by atoms with Gasteiger partial charge in [-0.05, 0) is 37.4 Å². The molecular formula is C15H27N3O. The molecule has 0 saturated heterocycles. The van der Waals surface area contributed by atoms with Gasteiger partial charge in [-0.1, -0.05) is 19.9 Å². The average molecular weight is 265 g/mol. The second kappa shape index (κ2) is 8.88. The number of rotatable bonds is 9. The lowest BCUT2D eigenvalue weighted by Crippen LogP contribution is -2.25. The minimum atomic E-state index is 0.230. The molecule has 1 heterocycles. The number of aromatic nitrogens is 1. The summed E-state index contributed by atoms with van der Waals surface area (Å²) in [6, 6.07) is 4.19. The zero-order valence-electron chi connectivity index (χ0n) is 12.4. The van der Waals surface area contributed by atoms with E-state index in [1.807, 2.05) is 6.20 Å². The van der Waals surface area contributed by atoms with E-state index in [0.29, 0.717) is 5.92 Å². The zero-order valence-corrected chi connectivity index (χ0v) is 12.4. The highest BCUT2D eigenvalue weighted by Gasteiger charge is 2.05. The molecule has 0 aliphatic heterocycles. The standard InChI is InChI=1S/C15H27N3O/c1-4-18(8-5-9-19)15-7-6-14(12-17-15)11-16-10-13(2)3/h6-7,12-13,16,19H,4-5,8-11H2,1-3H3. The highest BCUT2D eigenvalue weighted by molar-refractivity contribution is 5.39. The fourth-order valence-electron chi connectivity index (χ4n) is 1.91. The lowest BCUT2D eigenvalue weighted by molar-refractivity contribution is 0.289. The largest absolute Gasteiger partial charge is 0.396 e. The maximum atomic E-state index is 8.89. The molecule has 0 bridgehead atoms. The van der Waals surface area contributed by atoms with Gasteiger partial charge in [0.25, 0.3) is 0 Å².